The van der Waals surface area contributed by atoms with Crippen LogP contribution in [0.3, 0.4) is 0 Å². The summed E-state index contributed by atoms with van der Waals surface area (Å²) in [6, 6.07) is 12.9. The number of methoxy groups -OCH3 is 1. The summed E-state index contributed by atoms with van der Waals surface area (Å²) in [5, 5.41) is 8.27. The smallest absolute Gasteiger partial charge is 0.150 e. The van der Waals surface area contributed by atoms with Gasteiger partial charge in [-0.05, 0) is 65.1 Å². The number of rotatable bonds is 7. The van der Waals surface area contributed by atoms with E-state index in [1.54, 1.807) is 36.1 Å². The fourth-order valence-electron chi connectivity index (χ4n) is 2.33. The number of hydrogen-bond acceptors (Lipinski definition) is 5. The van der Waals surface area contributed by atoms with Crippen LogP contribution in [0, 0.1) is 3.57 Å². The van der Waals surface area contributed by atoms with Gasteiger partial charge in [0.25, 0.3) is 0 Å². The Balaban J connectivity index is 1.64. The minimum atomic E-state index is 0.309. The van der Waals surface area contributed by atoms with E-state index in [0.29, 0.717) is 24.5 Å². The van der Waals surface area contributed by atoms with Gasteiger partial charge in [-0.25, -0.2) is 4.68 Å². The molecule has 1 heterocycles. The summed E-state index contributed by atoms with van der Waals surface area (Å²) >= 11 is 2.27. The Labute approximate surface area is 158 Å². The summed E-state index contributed by atoms with van der Waals surface area (Å²) in [5.41, 5.74) is 2.38. The van der Waals surface area contributed by atoms with E-state index in [0.717, 1.165) is 26.9 Å². The lowest BCUT2D eigenvalue weighted by molar-refractivity contribution is 0.112. The van der Waals surface area contributed by atoms with Crippen LogP contribution in [0.25, 0.3) is 0 Å². The molecular weight excluding hydrogens is 433 g/mol. The number of benzene rings is 2. The Hall–Kier alpha value is -2.42. The minimum Gasteiger partial charge on any atom is -0.496 e. The second kappa shape index (κ2) is 8.11. The molecule has 0 radical (unpaired) electrons. The molecule has 7 heteroatoms. The Morgan fingerprint density at radius 1 is 1.20 bits per heavy atom. The highest BCUT2D eigenvalue weighted by molar-refractivity contribution is 14.1. The van der Waals surface area contributed by atoms with Gasteiger partial charge in [0.05, 0.1) is 19.9 Å². The van der Waals surface area contributed by atoms with E-state index in [4.69, 9.17) is 9.47 Å². The fourth-order valence-corrected chi connectivity index (χ4v) is 2.88. The number of aldehydes is 1. The van der Waals surface area contributed by atoms with Gasteiger partial charge in [0.1, 0.15) is 30.1 Å². The molecule has 25 heavy (non-hydrogen) atoms. The summed E-state index contributed by atoms with van der Waals surface area (Å²) < 4.78 is 13.9. The summed E-state index contributed by atoms with van der Waals surface area (Å²) in [6.07, 6.45) is 2.65. The fraction of sp³-hybridized carbons (Fsp3) is 0.167. The first-order valence-corrected chi connectivity index (χ1v) is 8.65. The summed E-state index contributed by atoms with van der Waals surface area (Å²) in [6.45, 7) is 0.880. The van der Waals surface area contributed by atoms with Gasteiger partial charge in [0, 0.05) is 14.7 Å². The molecule has 0 atom stereocenters. The molecule has 0 aliphatic rings. The summed E-state index contributed by atoms with van der Waals surface area (Å²) in [4.78, 5) is 10.6. The highest BCUT2D eigenvalue weighted by Gasteiger charge is 2.07. The molecule has 0 aliphatic carbocycles. The zero-order valence-corrected chi connectivity index (χ0v) is 15.7. The standard InChI is InChI=1S/C18H16IN3O3/c1-24-18-7-4-15(19)8-14(18)9-22-10-16(20-21-22)12-25-17-5-2-13(11-23)3-6-17/h2-8,10-11H,9,12H2,1H3. The number of aromatic nitrogens is 3. The Bertz CT molecular complexity index is 862. The van der Waals surface area contributed by atoms with Crippen LogP contribution in [0.5, 0.6) is 11.5 Å². The largest absolute Gasteiger partial charge is 0.496 e. The van der Waals surface area contributed by atoms with Crippen molar-refractivity contribution < 1.29 is 14.3 Å². The molecule has 128 valence electrons. The van der Waals surface area contributed by atoms with E-state index in [1.807, 2.05) is 18.3 Å². The molecule has 0 unspecified atom stereocenters. The molecule has 1 aromatic heterocycles. The molecule has 0 amide bonds. The third kappa shape index (κ3) is 4.56. The SMILES string of the molecule is COc1ccc(I)cc1Cn1cc(COc2ccc(C=O)cc2)nn1. The van der Waals surface area contributed by atoms with E-state index in [1.165, 1.54) is 0 Å². The van der Waals surface area contributed by atoms with Crippen molar-refractivity contribution in [2.24, 2.45) is 0 Å². The second-order valence-corrected chi connectivity index (χ2v) is 6.58. The predicted octanol–water partition coefficient (Wildman–Crippen LogP) is 3.33. The van der Waals surface area contributed by atoms with Crippen LogP contribution in [0.4, 0.5) is 0 Å². The number of halogens is 1. The maximum absolute atomic E-state index is 10.6. The Kier molecular flexibility index (Phi) is 5.64. The van der Waals surface area contributed by atoms with E-state index in [-0.39, 0.29) is 0 Å². The molecule has 0 saturated carbocycles. The van der Waals surface area contributed by atoms with Crippen LogP contribution in [0.2, 0.25) is 0 Å². The predicted molar refractivity (Wildman–Crippen MR) is 101 cm³/mol. The van der Waals surface area contributed by atoms with E-state index in [9.17, 15) is 4.79 Å². The van der Waals surface area contributed by atoms with Crippen LogP contribution in [0.15, 0.2) is 48.7 Å². The van der Waals surface area contributed by atoms with Crippen molar-refractivity contribution in [1.29, 1.82) is 0 Å². The first-order chi connectivity index (χ1) is 12.2. The molecule has 3 aromatic rings. The molecule has 6 nitrogen and oxygen atoms in total. The van der Waals surface area contributed by atoms with Gasteiger partial charge in [-0.1, -0.05) is 5.21 Å². The second-order valence-electron chi connectivity index (χ2n) is 5.34. The van der Waals surface area contributed by atoms with Gasteiger partial charge in [0.2, 0.25) is 0 Å². The third-order valence-electron chi connectivity index (χ3n) is 3.56. The number of carbonyl (C=O) groups excluding carboxylic acids is 1. The topological polar surface area (TPSA) is 66.2 Å². The number of hydrogen-bond donors (Lipinski definition) is 0. The van der Waals surface area contributed by atoms with Crippen molar-refractivity contribution in [2.75, 3.05) is 7.11 Å². The number of ether oxygens (including phenoxy) is 2. The van der Waals surface area contributed by atoms with Gasteiger partial charge < -0.3 is 9.47 Å². The van der Waals surface area contributed by atoms with Crippen LogP contribution in [-0.4, -0.2) is 28.4 Å². The summed E-state index contributed by atoms with van der Waals surface area (Å²) in [7, 11) is 1.65. The average Bonchev–Trinajstić information content (AvgIpc) is 3.08. The molecule has 2 aromatic carbocycles. The zero-order valence-electron chi connectivity index (χ0n) is 13.6. The summed E-state index contributed by atoms with van der Waals surface area (Å²) in [5.74, 6) is 1.50. The van der Waals surface area contributed by atoms with Gasteiger partial charge in [0.15, 0.2) is 0 Å². The van der Waals surface area contributed by atoms with Crippen LogP contribution < -0.4 is 9.47 Å². The van der Waals surface area contributed by atoms with Crippen molar-refractivity contribution in [3.8, 4) is 11.5 Å². The Morgan fingerprint density at radius 3 is 2.72 bits per heavy atom. The lowest BCUT2D eigenvalue weighted by Gasteiger charge is -2.08. The highest BCUT2D eigenvalue weighted by Crippen LogP contribution is 2.22. The zero-order chi connectivity index (χ0) is 17.6. The average molecular weight is 449 g/mol. The van der Waals surface area contributed by atoms with E-state index >= 15 is 0 Å². The molecule has 0 aliphatic heterocycles. The van der Waals surface area contributed by atoms with Crippen molar-refractivity contribution in [3.05, 3.63) is 69.1 Å². The van der Waals surface area contributed by atoms with Gasteiger partial charge in [-0.15, -0.1) is 5.10 Å². The van der Waals surface area contributed by atoms with Crippen molar-refractivity contribution in [2.45, 2.75) is 13.2 Å². The maximum Gasteiger partial charge on any atom is 0.150 e. The van der Waals surface area contributed by atoms with Gasteiger partial charge in [-0.2, -0.15) is 0 Å². The first-order valence-electron chi connectivity index (χ1n) is 7.57. The molecule has 0 fully saturated rings. The number of carbonyl (C=O) groups is 1. The first kappa shape index (κ1) is 17.4. The molecule has 3 rings (SSSR count). The van der Waals surface area contributed by atoms with Crippen molar-refractivity contribution in [3.63, 3.8) is 0 Å². The third-order valence-corrected chi connectivity index (χ3v) is 4.23. The van der Waals surface area contributed by atoms with E-state index in [2.05, 4.69) is 39.0 Å². The highest BCUT2D eigenvalue weighted by atomic mass is 127. The maximum atomic E-state index is 10.6. The minimum absolute atomic E-state index is 0.309. The van der Waals surface area contributed by atoms with Gasteiger partial charge in [-0.3, -0.25) is 4.79 Å². The molecule has 0 spiro atoms. The van der Waals surface area contributed by atoms with Crippen LogP contribution in [0.1, 0.15) is 21.6 Å². The number of nitrogens with zero attached hydrogens (tertiary/aromatic N) is 3. The van der Waals surface area contributed by atoms with Crippen LogP contribution in [-0.2, 0) is 13.2 Å². The van der Waals surface area contributed by atoms with Crippen LogP contribution >= 0.6 is 22.6 Å². The lowest BCUT2D eigenvalue weighted by atomic mass is 10.2. The molecule has 0 saturated heterocycles. The lowest BCUT2D eigenvalue weighted by Crippen LogP contribution is -2.03. The molecule has 0 N–H and O–H groups in total. The Morgan fingerprint density at radius 2 is 2.00 bits per heavy atom. The quantitative estimate of drug-likeness (QED) is 0.409. The monoisotopic (exact) mass is 449 g/mol. The van der Waals surface area contributed by atoms with Gasteiger partial charge >= 0.3 is 0 Å². The normalized spacial score (nSPS) is 10.5. The van der Waals surface area contributed by atoms with E-state index < -0.39 is 0 Å². The van der Waals surface area contributed by atoms with Crippen molar-refractivity contribution >= 4 is 28.9 Å². The molecule has 0 bridgehead atoms. The molecular formula is C18H16IN3O3. The van der Waals surface area contributed by atoms with Crippen molar-refractivity contribution in [1.82, 2.24) is 15.0 Å².